The number of carboxylic acid groups (broad SMARTS) is 3. The molecule has 0 unspecified atom stereocenters. The molecule has 2 aliphatic rings. The summed E-state index contributed by atoms with van der Waals surface area (Å²) in [6.45, 7) is 0. The number of hydrogen-bond acceptors (Lipinski definition) is 9. The zero-order valence-corrected chi connectivity index (χ0v) is 25.5. The van der Waals surface area contributed by atoms with Crippen LogP contribution < -0.4 is 16.4 Å². The van der Waals surface area contributed by atoms with E-state index in [1.54, 1.807) is 12.1 Å². The Labute approximate surface area is 271 Å². The number of nitrogens with one attached hydrogen (secondary N) is 4. The van der Waals surface area contributed by atoms with E-state index < -0.39 is 72.9 Å². The van der Waals surface area contributed by atoms with E-state index in [9.17, 15) is 39.0 Å². The second-order valence-corrected chi connectivity index (χ2v) is 11.5. The van der Waals surface area contributed by atoms with Gasteiger partial charge in [0.25, 0.3) is 0 Å². The van der Waals surface area contributed by atoms with Crippen molar-refractivity contribution in [1.29, 1.82) is 0 Å². The van der Waals surface area contributed by atoms with E-state index >= 15 is 0 Å². The third-order valence-electron chi connectivity index (χ3n) is 7.79. The number of aryl methyl sites for hydroxylation is 4. The maximum atomic E-state index is 14.3. The second-order valence-electron chi connectivity index (χ2n) is 11.5. The molecule has 16 heteroatoms. The molecule has 9 N–H and O–H groups in total. The van der Waals surface area contributed by atoms with E-state index in [0.29, 0.717) is 41.7 Å². The molecule has 0 aromatic carbocycles. The maximum absolute atomic E-state index is 14.3. The Kier molecular flexibility index (Phi) is 9.93. The van der Waals surface area contributed by atoms with Gasteiger partial charge in [-0.15, -0.1) is 0 Å². The van der Waals surface area contributed by atoms with Gasteiger partial charge in [-0.05, 0) is 68.1 Å². The van der Waals surface area contributed by atoms with E-state index in [4.69, 9.17) is 20.8 Å². The largest absolute Gasteiger partial charge is 0.481 e. The summed E-state index contributed by atoms with van der Waals surface area (Å²) >= 11 is 0. The molecule has 0 saturated heterocycles. The van der Waals surface area contributed by atoms with Gasteiger partial charge < -0.3 is 41.7 Å². The van der Waals surface area contributed by atoms with Crippen LogP contribution in [0.15, 0.2) is 42.5 Å². The number of carbonyl (C=O) groups excluding carboxylic acids is 3. The molecule has 0 spiro atoms. The van der Waals surface area contributed by atoms with E-state index in [1.165, 1.54) is 0 Å². The lowest BCUT2D eigenvalue weighted by molar-refractivity contribution is -0.142. The molecule has 2 aliphatic heterocycles. The Morgan fingerprint density at radius 1 is 0.667 bits per heavy atom. The van der Waals surface area contributed by atoms with Gasteiger partial charge in [0.05, 0.1) is 42.1 Å². The number of hydrogen-bond donors (Lipinski definition) is 8. The maximum Gasteiger partial charge on any atom is 0.305 e. The van der Waals surface area contributed by atoms with Crippen LogP contribution >= 0.6 is 0 Å². The SMILES string of the molecule is N[C@@H](CC(=O)O)C(=O)N[C@@H](CC(=O)O)C(=O)N[C@@H](CC(=O)O)C(=O)c1c2nc(cc3ccc(cc4nc(cc5ccc1[nH]5)CC4)[nH]3)CC2. The molecule has 48 heavy (non-hydrogen) atoms. The summed E-state index contributed by atoms with van der Waals surface area (Å²) in [6.07, 6.45) is -0.412. The Morgan fingerprint density at radius 3 is 1.77 bits per heavy atom. The first-order valence-electron chi connectivity index (χ1n) is 15.1. The Morgan fingerprint density at radius 2 is 1.17 bits per heavy atom. The third kappa shape index (κ3) is 8.27. The zero-order valence-electron chi connectivity index (χ0n) is 25.5. The van der Waals surface area contributed by atoms with Crippen LogP contribution in [0.5, 0.6) is 0 Å². The summed E-state index contributed by atoms with van der Waals surface area (Å²) in [7, 11) is 0. The molecule has 0 radical (unpaired) electrons. The second kappa shape index (κ2) is 14.3. The first-order chi connectivity index (χ1) is 22.8. The van der Waals surface area contributed by atoms with Gasteiger partial charge in [0.1, 0.15) is 12.1 Å². The van der Waals surface area contributed by atoms with Crippen LogP contribution in [-0.2, 0) is 49.7 Å². The van der Waals surface area contributed by atoms with Gasteiger partial charge >= 0.3 is 17.9 Å². The third-order valence-corrected chi connectivity index (χ3v) is 7.79. The molecule has 8 bridgehead atoms. The summed E-state index contributed by atoms with van der Waals surface area (Å²) in [5, 5.41) is 32.4. The highest BCUT2D eigenvalue weighted by Gasteiger charge is 2.33. The molecular formula is C32H33N7O9. The van der Waals surface area contributed by atoms with Crippen molar-refractivity contribution >= 4 is 57.6 Å². The molecular weight excluding hydrogens is 626 g/mol. The highest BCUT2D eigenvalue weighted by atomic mass is 16.4. The number of aromatic amines is 2. The predicted octanol–water partition coefficient (Wildman–Crippen LogP) is 0.789. The number of Topliss-reactive ketones (excluding diaryl/α,β-unsaturated/α-hetero) is 1. The summed E-state index contributed by atoms with van der Waals surface area (Å²) < 4.78 is 0. The van der Waals surface area contributed by atoms with E-state index in [2.05, 4.69) is 20.6 Å². The minimum atomic E-state index is -1.80. The minimum Gasteiger partial charge on any atom is -0.481 e. The highest BCUT2D eigenvalue weighted by molar-refractivity contribution is 6.09. The molecule has 3 atom stereocenters. The molecule has 3 aromatic heterocycles. The number of carbonyl (C=O) groups is 6. The summed E-state index contributed by atoms with van der Waals surface area (Å²) in [5.41, 5.74) is 10.9. The first-order valence-corrected chi connectivity index (χ1v) is 15.1. The van der Waals surface area contributed by atoms with Crippen LogP contribution in [0.2, 0.25) is 0 Å². The number of fused-ring (bicyclic) bond motifs is 8. The number of rotatable bonds is 12. The average Bonchev–Trinajstić information content (AvgIpc) is 3.82. The number of nitrogens with two attached hydrogens (primary N) is 1. The van der Waals surface area contributed by atoms with Crippen molar-refractivity contribution in [2.24, 2.45) is 5.73 Å². The van der Waals surface area contributed by atoms with Crippen LogP contribution in [-0.4, -0.2) is 88.9 Å². The normalized spacial score (nSPS) is 14.4. The summed E-state index contributed by atoms with van der Waals surface area (Å²) in [5.74, 6) is -7.46. The fourth-order valence-corrected chi connectivity index (χ4v) is 5.56. The number of H-pyrrole nitrogens is 2. The number of carboxylic acids is 3. The molecule has 2 amide bonds. The standard InChI is InChI=1S/C32H33N7O9/c33-21(12-26(40)41)31(47)39-25(14-28(44)45)32(48)38-24(13-27(42)43)30(46)29-22-7-5-19(36-22)10-17-3-1-15(34-17)9-16-2-4-18(35-16)11-20-6-8-23(29)37-20/h1,3,6,8-11,21,24-25,34,37H,2,4-5,7,12-14,33H2,(H,38,48)(H,39,47)(H,40,41)(H,42,43)(H,44,45)/t21-,24-,25-/m0/s1. The van der Waals surface area contributed by atoms with Gasteiger partial charge in [-0.2, -0.15) is 0 Å². The first kappa shape index (κ1) is 33.5. The van der Waals surface area contributed by atoms with Crippen molar-refractivity contribution in [2.45, 2.75) is 63.1 Å². The van der Waals surface area contributed by atoms with E-state index in [1.807, 2.05) is 30.3 Å². The van der Waals surface area contributed by atoms with Crippen LogP contribution in [0, 0.1) is 0 Å². The van der Waals surface area contributed by atoms with Crippen molar-refractivity contribution in [3.05, 3.63) is 70.8 Å². The predicted molar refractivity (Wildman–Crippen MR) is 169 cm³/mol. The van der Waals surface area contributed by atoms with Crippen LogP contribution in [0.3, 0.4) is 0 Å². The van der Waals surface area contributed by atoms with Crippen molar-refractivity contribution < 1.29 is 44.1 Å². The lowest BCUT2D eigenvalue weighted by atomic mass is 9.98. The average molecular weight is 660 g/mol. The molecule has 3 aromatic rings. The molecule has 16 nitrogen and oxygen atoms in total. The lowest BCUT2D eigenvalue weighted by Crippen LogP contribution is -2.55. The van der Waals surface area contributed by atoms with Crippen molar-refractivity contribution in [3.8, 4) is 0 Å². The van der Waals surface area contributed by atoms with Gasteiger partial charge in [0.2, 0.25) is 11.8 Å². The van der Waals surface area contributed by atoms with Gasteiger partial charge in [-0.3, -0.25) is 38.7 Å². The summed E-state index contributed by atoms with van der Waals surface area (Å²) in [6, 6.07) is 7.73. The molecule has 0 fully saturated rings. The van der Waals surface area contributed by atoms with Crippen LogP contribution in [0.25, 0.3) is 22.1 Å². The van der Waals surface area contributed by atoms with Gasteiger partial charge in [-0.1, -0.05) is 0 Å². The fourth-order valence-electron chi connectivity index (χ4n) is 5.56. The minimum absolute atomic E-state index is 0.0279. The molecule has 0 aliphatic carbocycles. The van der Waals surface area contributed by atoms with E-state index in [-0.39, 0.29) is 5.56 Å². The van der Waals surface area contributed by atoms with E-state index in [0.717, 1.165) is 28.8 Å². The topological polar surface area (TPSA) is 271 Å². The van der Waals surface area contributed by atoms with Gasteiger partial charge in [-0.25, -0.2) is 0 Å². The van der Waals surface area contributed by atoms with Crippen LogP contribution in [0.1, 0.15) is 52.4 Å². The molecule has 5 heterocycles. The Balaban J connectivity index is 1.57. The zero-order chi connectivity index (χ0) is 34.5. The molecule has 250 valence electrons. The number of amides is 2. The number of ketones is 1. The number of aromatic nitrogens is 4. The Bertz CT molecular complexity index is 1970. The van der Waals surface area contributed by atoms with Crippen molar-refractivity contribution in [1.82, 2.24) is 30.6 Å². The smallest absolute Gasteiger partial charge is 0.305 e. The summed E-state index contributed by atoms with van der Waals surface area (Å²) in [4.78, 5) is 90.4. The van der Waals surface area contributed by atoms with Gasteiger partial charge in [0.15, 0.2) is 5.78 Å². The monoisotopic (exact) mass is 659 g/mol. The quantitative estimate of drug-likeness (QED) is 0.125. The van der Waals surface area contributed by atoms with Crippen molar-refractivity contribution in [2.75, 3.05) is 0 Å². The number of aliphatic carboxylic acids is 3. The Hall–Kier alpha value is -5.90. The molecule has 0 saturated carbocycles. The fraction of sp³-hybridized carbons (Fsp3) is 0.312. The van der Waals surface area contributed by atoms with Crippen LogP contribution in [0.4, 0.5) is 0 Å². The lowest BCUT2D eigenvalue weighted by Gasteiger charge is -2.22. The van der Waals surface area contributed by atoms with Gasteiger partial charge in [0, 0.05) is 33.6 Å². The van der Waals surface area contributed by atoms with Crippen molar-refractivity contribution in [3.63, 3.8) is 0 Å². The highest BCUT2D eigenvalue weighted by Crippen LogP contribution is 2.23. The molecule has 5 rings (SSSR count). The number of nitrogens with zero attached hydrogens (tertiary/aromatic N) is 2.